The molecular weight excluding hydrogens is 222 g/mol. The molecule has 0 fully saturated rings. The molecule has 1 aromatic rings. The van der Waals surface area contributed by atoms with Gasteiger partial charge < -0.3 is 10.6 Å². The number of hydrogen-bond donors (Lipinski definition) is 2. The molecule has 1 aliphatic rings. The first-order chi connectivity index (χ1) is 8.90. The van der Waals surface area contributed by atoms with Gasteiger partial charge in [-0.05, 0) is 19.0 Å². The summed E-state index contributed by atoms with van der Waals surface area (Å²) in [6.07, 6.45) is 7.59. The highest BCUT2D eigenvalue weighted by molar-refractivity contribution is 5.89. The van der Waals surface area contributed by atoms with Gasteiger partial charge in [-0.2, -0.15) is 0 Å². The molecule has 3 nitrogen and oxygen atoms in total. The predicted molar refractivity (Wildman–Crippen MR) is 78.1 cm³/mol. The van der Waals surface area contributed by atoms with E-state index < -0.39 is 0 Å². The van der Waals surface area contributed by atoms with Gasteiger partial charge in [0.1, 0.15) is 0 Å². The van der Waals surface area contributed by atoms with Crippen molar-refractivity contribution in [1.29, 1.82) is 0 Å². The molecule has 0 bridgehead atoms. The van der Waals surface area contributed by atoms with Gasteiger partial charge in [-0.3, -0.25) is 4.99 Å². The van der Waals surface area contributed by atoms with Crippen LogP contribution in [0.5, 0.6) is 0 Å². The molecule has 0 unspecified atom stereocenters. The van der Waals surface area contributed by atoms with E-state index in [1.807, 2.05) is 24.5 Å². The smallest absolute Gasteiger partial charge is 0.0477 e. The first kappa shape index (κ1) is 12.8. The van der Waals surface area contributed by atoms with Crippen molar-refractivity contribution in [2.45, 2.75) is 26.2 Å². The minimum atomic E-state index is 0.843. The molecule has 2 N–H and O–H groups in total. The van der Waals surface area contributed by atoms with Crippen molar-refractivity contribution in [3.63, 3.8) is 0 Å². The van der Waals surface area contributed by atoms with Crippen LogP contribution in [0.3, 0.4) is 0 Å². The minimum absolute atomic E-state index is 0.843. The van der Waals surface area contributed by atoms with Gasteiger partial charge in [0, 0.05) is 35.9 Å². The molecule has 18 heavy (non-hydrogen) atoms. The summed E-state index contributed by atoms with van der Waals surface area (Å²) in [5, 5.41) is 6.87. The summed E-state index contributed by atoms with van der Waals surface area (Å²) in [5.74, 6) is 0. The maximum atomic E-state index is 4.32. The fourth-order valence-electron chi connectivity index (χ4n) is 1.95. The number of nitrogens with zero attached hydrogens (tertiary/aromatic N) is 1. The fraction of sp³-hybridized carbons (Fsp3) is 0.400. The van der Waals surface area contributed by atoms with Crippen LogP contribution < -0.4 is 10.6 Å². The second-order valence-corrected chi connectivity index (χ2v) is 4.53. The molecule has 0 saturated carbocycles. The van der Waals surface area contributed by atoms with E-state index in [1.54, 1.807) is 0 Å². The van der Waals surface area contributed by atoms with Gasteiger partial charge in [-0.1, -0.05) is 38.0 Å². The summed E-state index contributed by atoms with van der Waals surface area (Å²) in [6.45, 7) is 4.13. The van der Waals surface area contributed by atoms with Crippen LogP contribution in [0.25, 0.3) is 0 Å². The van der Waals surface area contributed by atoms with Crippen molar-refractivity contribution in [3.8, 4) is 0 Å². The molecule has 0 amide bonds. The van der Waals surface area contributed by atoms with Gasteiger partial charge in [-0.25, -0.2) is 0 Å². The van der Waals surface area contributed by atoms with Crippen LogP contribution in [-0.4, -0.2) is 19.3 Å². The van der Waals surface area contributed by atoms with Crippen LogP contribution in [0.4, 0.5) is 5.69 Å². The number of hydrogen-bond acceptors (Lipinski definition) is 3. The fourth-order valence-corrected chi connectivity index (χ4v) is 1.95. The zero-order valence-electron chi connectivity index (χ0n) is 10.9. The predicted octanol–water partition coefficient (Wildman–Crippen LogP) is 3.15. The van der Waals surface area contributed by atoms with Crippen molar-refractivity contribution in [3.05, 3.63) is 41.7 Å². The largest absolute Gasteiger partial charge is 0.356 e. The van der Waals surface area contributed by atoms with E-state index in [-0.39, 0.29) is 0 Å². The normalized spacial score (nSPS) is 13.5. The van der Waals surface area contributed by atoms with Gasteiger partial charge in [0.05, 0.1) is 0 Å². The molecule has 0 radical (unpaired) electrons. The molecule has 0 atom stereocenters. The average molecular weight is 243 g/mol. The van der Waals surface area contributed by atoms with Crippen molar-refractivity contribution in [2.75, 3.05) is 18.4 Å². The Morgan fingerprint density at radius 1 is 1.22 bits per heavy atom. The third-order valence-electron chi connectivity index (χ3n) is 2.97. The Balaban J connectivity index is 1.85. The van der Waals surface area contributed by atoms with E-state index in [0.717, 1.165) is 30.0 Å². The van der Waals surface area contributed by atoms with E-state index in [9.17, 15) is 0 Å². The highest BCUT2D eigenvalue weighted by Crippen LogP contribution is 2.17. The Kier molecular flexibility index (Phi) is 4.97. The van der Waals surface area contributed by atoms with Gasteiger partial charge in [0.25, 0.3) is 0 Å². The Bertz CT molecular complexity index is 435. The Morgan fingerprint density at radius 3 is 3.00 bits per heavy atom. The molecule has 0 saturated heterocycles. The second kappa shape index (κ2) is 6.97. The maximum Gasteiger partial charge on any atom is 0.0477 e. The molecule has 96 valence electrons. The minimum Gasteiger partial charge on any atom is -0.356 e. The van der Waals surface area contributed by atoms with Crippen molar-refractivity contribution in [2.24, 2.45) is 4.99 Å². The Morgan fingerprint density at radius 2 is 2.11 bits per heavy atom. The summed E-state index contributed by atoms with van der Waals surface area (Å²) >= 11 is 0. The number of anilines is 1. The zero-order chi connectivity index (χ0) is 12.6. The molecule has 1 aliphatic heterocycles. The van der Waals surface area contributed by atoms with Gasteiger partial charge in [0.2, 0.25) is 0 Å². The third-order valence-corrected chi connectivity index (χ3v) is 2.97. The van der Waals surface area contributed by atoms with Crippen LogP contribution in [0.1, 0.15) is 31.7 Å². The average Bonchev–Trinajstić information content (AvgIpc) is 2.60. The lowest BCUT2D eigenvalue weighted by Crippen LogP contribution is -2.21. The SMILES string of the molecule is CCCCCNCC1=CN=Cc2ccccc2N1. The van der Waals surface area contributed by atoms with Crippen LogP contribution in [0, 0.1) is 0 Å². The van der Waals surface area contributed by atoms with Crippen molar-refractivity contribution in [1.82, 2.24) is 5.32 Å². The lowest BCUT2D eigenvalue weighted by Gasteiger charge is -2.11. The highest BCUT2D eigenvalue weighted by Gasteiger charge is 2.04. The molecule has 0 aromatic heterocycles. The molecule has 2 rings (SSSR count). The molecule has 1 aromatic carbocycles. The summed E-state index contributed by atoms with van der Waals surface area (Å²) in [6, 6.07) is 8.21. The van der Waals surface area contributed by atoms with E-state index >= 15 is 0 Å². The van der Waals surface area contributed by atoms with Crippen LogP contribution in [0.15, 0.2) is 41.2 Å². The summed E-state index contributed by atoms with van der Waals surface area (Å²) in [4.78, 5) is 4.32. The van der Waals surface area contributed by atoms with Crippen molar-refractivity contribution >= 4 is 11.9 Å². The molecule has 0 aliphatic carbocycles. The van der Waals surface area contributed by atoms with Gasteiger partial charge in [0.15, 0.2) is 0 Å². The quantitative estimate of drug-likeness (QED) is 0.753. The summed E-state index contributed by atoms with van der Waals surface area (Å²) in [7, 11) is 0. The standard InChI is InChI=1S/C15H21N3/c1-2-3-6-9-16-11-14-12-17-10-13-7-4-5-8-15(13)18-14/h4-5,7-8,10,12,16,18H,2-3,6,9,11H2,1H3. The number of unbranched alkanes of at least 4 members (excludes halogenated alkanes) is 2. The number of benzene rings is 1. The van der Waals surface area contributed by atoms with Crippen LogP contribution in [-0.2, 0) is 0 Å². The number of rotatable bonds is 6. The van der Waals surface area contributed by atoms with Crippen LogP contribution >= 0.6 is 0 Å². The first-order valence-corrected chi connectivity index (χ1v) is 6.69. The topological polar surface area (TPSA) is 36.4 Å². The Hall–Kier alpha value is -1.61. The molecule has 3 heteroatoms. The third kappa shape index (κ3) is 3.70. The van der Waals surface area contributed by atoms with Crippen LogP contribution in [0.2, 0.25) is 0 Å². The van der Waals surface area contributed by atoms with Gasteiger partial charge in [-0.15, -0.1) is 0 Å². The van der Waals surface area contributed by atoms with E-state index in [4.69, 9.17) is 0 Å². The van der Waals surface area contributed by atoms with E-state index in [0.29, 0.717) is 0 Å². The molecule has 0 spiro atoms. The number of nitrogens with one attached hydrogen (secondary N) is 2. The summed E-state index contributed by atoms with van der Waals surface area (Å²) < 4.78 is 0. The summed E-state index contributed by atoms with van der Waals surface area (Å²) in [5.41, 5.74) is 3.38. The highest BCUT2D eigenvalue weighted by atomic mass is 15.0. The molecular formula is C15H21N3. The lowest BCUT2D eigenvalue weighted by molar-refractivity contribution is 0.640. The van der Waals surface area contributed by atoms with Gasteiger partial charge >= 0.3 is 0 Å². The van der Waals surface area contributed by atoms with Crippen molar-refractivity contribution < 1.29 is 0 Å². The second-order valence-electron chi connectivity index (χ2n) is 4.53. The zero-order valence-corrected chi connectivity index (χ0v) is 10.9. The monoisotopic (exact) mass is 243 g/mol. The lowest BCUT2D eigenvalue weighted by atomic mass is 10.2. The number of aliphatic imine (C=N–C) groups is 1. The molecule has 1 heterocycles. The first-order valence-electron chi connectivity index (χ1n) is 6.69. The number of para-hydroxylation sites is 1. The van der Waals surface area contributed by atoms with E-state index in [1.165, 1.54) is 19.3 Å². The maximum absolute atomic E-state index is 4.32. The Labute approximate surface area is 109 Å². The number of fused-ring (bicyclic) bond motifs is 1. The van der Waals surface area contributed by atoms with E-state index in [2.05, 4.69) is 34.7 Å².